The number of carbonyl (C=O) groups is 1. The summed E-state index contributed by atoms with van der Waals surface area (Å²) in [5, 5.41) is 9.81. The molecule has 1 unspecified atom stereocenters. The molecule has 0 bridgehead atoms. The van der Waals surface area contributed by atoms with Gasteiger partial charge in [0.05, 0.1) is 7.11 Å². The lowest BCUT2D eigenvalue weighted by atomic mass is 10.2. The fourth-order valence-corrected chi connectivity index (χ4v) is 0.514. The summed E-state index contributed by atoms with van der Waals surface area (Å²) in [5.74, 6) is -0.619. The Kier molecular flexibility index (Phi) is 9.86. The van der Waals surface area contributed by atoms with Crippen LogP contribution in [0.4, 0.5) is 0 Å². The van der Waals surface area contributed by atoms with Gasteiger partial charge in [0.2, 0.25) is 6.54 Å². The monoisotopic (exact) mass is 192 g/mol. The maximum Gasteiger partial charge on any atom is 0.322 e. The minimum absolute atomic E-state index is 0.0136. The predicted octanol–water partition coefficient (Wildman–Crippen LogP) is 0.180. The van der Waals surface area contributed by atoms with Crippen LogP contribution in [0.3, 0.4) is 0 Å². The molecule has 0 aliphatic rings. The first kappa shape index (κ1) is 14.4. The molecule has 0 fully saturated rings. The number of ether oxygens (including phenoxy) is 1. The summed E-state index contributed by atoms with van der Waals surface area (Å²) >= 11 is 0. The summed E-state index contributed by atoms with van der Waals surface area (Å²) in [5.41, 5.74) is 5.20. The van der Waals surface area contributed by atoms with Crippen molar-refractivity contribution in [2.24, 2.45) is 5.73 Å². The topological polar surface area (TPSA) is 95.5 Å². The molecule has 0 rings (SSSR count). The van der Waals surface area contributed by atoms with Gasteiger partial charge in [-0.1, -0.05) is 13.8 Å². The number of methoxy groups -OCH3 is 1. The van der Waals surface area contributed by atoms with Crippen molar-refractivity contribution < 1.29 is 14.5 Å². The average Bonchev–Trinajstić information content (AvgIpc) is 2.16. The lowest BCUT2D eigenvalue weighted by Crippen LogP contribution is -2.33. The number of nitro groups is 1. The molecule has 13 heavy (non-hydrogen) atoms. The maximum absolute atomic E-state index is 10.6. The second-order valence-electron chi connectivity index (χ2n) is 1.97. The molecule has 1 atom stereocenters. The molecule has 0 aromatic rings. The molecule has 0 aromatic carbocycles. The minimum atomic E-state index is -0.884. The number of nitrogens with zero attached hydrogens (tertiary/aromatic N) is 1. The maximum atomic E-state index is 10.6. The zero-order chi connectivity index (χ0) is 10.9. The summed E-state index contributed by atoms with van der Waals surface area (Å²) in [6.45, 7) is 3.69. The van der Waals surface area contributed by atoms with Gasteiger partial charge in [-0.25, -0.2) is 0 Å². The van der Waals surface area contributed by atoms with Crippen LogP contribution in [0.15, 0.2) is 0 Å². The highest BCUT2D eigenvalue weighted by molar-refractivity contribution is 5.75. The van der Waals surface area contributed by atoms with Crippen LogP contribution in [0.5, 0.6) is 0 Å². The second kappa shape index (κ2) is 8.92. The third-order valence-electron chi connectivity index (χ3n) is 1.13. The summed E-state index contributed by atoms with van der Waals surface area (Å²) in [6, 6.07) is -0.884. The molecular weight excluding hydrogens is 176 g/mol. The SMILES string of the molecule is CC.COC(=O)C(N)CC[N+](=O)[O-]. The van der Waals surface area contributed by atoms with Crippen molar-refractivity contribution in [1.29, 1.82) is 0 Å². The van der Waals surface area contributed by atoms with E-state index in [1.165, 1.54) is 7.11 Å². The first-order valence-electron chi connectivity index (χ1n) is 4.03. The molecule has 0 aliphatic heterocycles. The van der Waals surface area contributed by atoms with E-state index >= 15 is 0 Å². The van der Waals surface area contributed by atoms with E-state index in [1.807, 2.05) is 13.8 Å². The van der Waals surface area contributed by atoms with Gasteiger partial charge in [0, 0.05) is 11.3 Å². The highest BCUT2D eigenvalue weighted by Crippen LogP contribution is 1.90. The number of nitrogens with two attached hydrogens (primary N) is 1. The minimum Gasteiger partial charge on any atom is -0.468 e. The van der Waals surface area contributed by atoms with Gasteiger partial charge < -0.3 is 10.5 Å². The summed E-state index contributed by atoms with van der Waals surface area (Å²) in [4.78, 5) is 19.8. The van der Waals surface area contributed by atoms with Crippen molar-refractivity contribution in [2.75, 3.05) is 13.7 Å². The molecular formula is C7H16N2O4. The van der Waals surface area contributed by atoms with Crippen LogP contribution in [-0.4, -0.2) is 30.6 Å². The van der Waals surface area contributed by atoms with E-state index in [4.69, 9.17) is 5.73 Å². The predicted molar refractivity (Wildman–Crippen MR) is 47.8 cm³/mol. The third-order valence-corrected chi connectivity index (χ3v) is 1.13. The lowest BCUT2D eigenvalue weighted by Gasteiger charge is -2.04. The molecule has 0 amide bonds. The van der Waals surface area contributed by atoms with E-state index in [0.717, 1.165) is 0 Å². The van der Waals surface area contributed by atoms with Gasteiger partial charge >= 0.3 is 5.97 Å². The van der Waals surface area contributed by atoms with Crippen LogP contribution >= 0.6 is 0 Å². The van der Waals surface area contributed by atoms with E-state index in [9.17, 15) is 14.9 Å². The summed E-state index contributed by atoms with van der Waals surface area (Å²) < 4.78 is 4.26. The molecule has 0 aliphatic carbocycles. The van der Waals surface area contributed by atoms with E-state index in [-0.39, 0.29) is 13.0 Å². The first-order chi connectivity index (χ1) is 6.07. The van der Waals surface area contributed by atoms with E-state index < -0.39 is 16.9 Å². The van der Waals surface area contributed by atoms with Crippen LogP contribution < -0.4 is 5.73 Å². The van der Waals surface area contributed by atoms with Gasteiger partial charge in [0.15, 0.2) is 0 Å². The van der Waals surface area contributed by atoms with E-state index in [1.54, 1.807) is 0 Å². The largest absolute Gasteiger partial charge is 0.468 e. The molecule has 6 nitrogen and oxygen atoms in total. The van der Waals surface area contributed by atoms with Gasteiger partial charge in [0.1, 0.15) is 6.04 Å². The molecule has 0 heterocycles. The van der Waals surface area contributed by atoms with Crippen LogP contribution in [0, 0.1) is 10.1 Å². The summed E-state index contributed by atoms with van der Waals surface area (Å²) in [7, 11) is 1.19. The summed E-state index contributed by atoms with van der Waals surface area (Å²) in [6.07, 6.45) is 0.0136. The quantitative estimate of drug-likeness (QED) is 0.389. The Hall–Kier alpha value is -1.17. The van der Waals surface area contributed by atoms with Crippen molar-refractivity contribution in [3.8, 4) is 0 Å². The fraction of sp³-hybridized carbons (Fsp3) is 0.857. The Morgan fingerprint density at radius 2 is 2.08 bits per heavy atom. The van der Waals surface area contributed by atoms with Crippen molar-refractivity contribution >= 4 is 5.97 Å². The smallest absolute Gasteiger partial charge is 0.322 e. The van der Waals surface area contributed by atoms with Gasteiger partial charge in [-0.15, -0.1) is 0 Å². The molecule has 0 radical (unpaired) electrons. The molecule has 0 spiro atoms. The molecule has 0 saturated carbocycles. The molecule has 78 valence electrons. The van der Waals surface area contributed by atoms with Crippen molar-refractivity contribution in [2.45, 2.75) is 26.3 Å². The zero-order valence-corrected chi connectivity index (χ0v) is 8.15. The number of esters is 1. The Morgan fingerprint density at radius 3 is 2.38 bits per heavy atom. The highest BCUT2D eigenvalue weighted by Gasteiger charge is 2.15. The molecule has 0 aromatic heterocycles. The van der Waals surface area contributed by atoms with E-state index in [2.05, 4.69) is 4.74 Å². The van der Waals surface area contributed by atoms with Crippen molar-refractivity contribution in [1.82, 2.24) is 0 Å². The normalized spacial score (nSPS) is 10.8. The average molecular weight is 192 g/mol. The Balaban J connectivity index is 0. The second-order valence-corrected chi connectivity index (χ2v) is 1.97. The lowest BCUT2D eigenvalue weighted by molar-refractivity contribution is -0.480. The zero-order valence-electron chi connectivity index (χ0n) is 8.15. The number of hydrogen-bond donors (Lipinski definition) is 1. The Labute approximate surface area is 77.2 Å². The molecule has 0 saturated heterocycles. The van der Waals surface area contributed by atoms with Gasteiger partial charge in [-0.2, -0.15) is 0 Å². The van der Waals surface area contributed by atoms with Crippen molar-refractivity contribution in [3.63, 3.8) is 0 Å². The van der Waals surface area contributed by atoms with Crippen LogP contribution in [0.2, 0.25) is 0 Å². The van der Waals surface area contributed by atoms with Crippen LogP contribution in [0.25, 0.3) is 0 Å². The third kappa shape index (κ3) is 8.74. The highest BCUT2D eigenvalue weighted by atomic mass is 16.6. The Morgan fingerprint density at radius 1 is 1.62 bits per heavy atom. The molecule has 6 heteroatoms. The standard InChI is InChI=1S/C5H10N2O4.C2H6/c1-11-5(8)4(6)2-3-7(9)10;1-2/h4H,2-3,6H2,1H3;1-2H3. The van der Waals surface area contributed by atoms with Gasteiger partial charge in [-0.05, 0) is 0 Å². The number of hydrogen-bond acceptors (Lipinski definition) is 5. The van der Waals surface area contributed by atoms with Crippen LogP contribution in [-0.2, 0) is 9.53 Å². The van der Waals surface area contributed by atoms with Gasteiger partial charge in [0.25, 0.3) is 0 Å². The van der Waals surface area contributed by atoms with Gasteiger partial charge in [-0.3, -0.25) is 14.9 Å². The number of carbonyl (C=O) groups excluding carboxylic acids is 1. The molecule has 2 N–H and O–H groups in total. The van der Waals surface area contributed by atoms with Crippen LogP contribution in [0.1, 0.15) is 20.3 Å². The Bertz CT molecular complexity index is 161. The number of rotatable bonds is 4. The van der Waals surface area contributed by atoms with Crippen molar-refractivity contribution in [3.05, 3.63) is 10.1 Å². The fourth-order valence-electron chi connectivity index (χ4n) is 0.514. The first-order valence-corrected chi connectivity index (χ1v) is 4.03. The van der Waals surface area contributed by atoms with E-state index in [0.29, 0.717) is 0 Å².